The molecule has 0 nitrogen and oxygen atoms in total. The molecule has 62 valence electrons. The van der Waals surface area contributed by atoms with Crippen molar-refractivity contribution >= 4 is 79.7 Å². The third-order valence-corrected chi connectivity index (χ3v) is 13.7. The number of rotatable bonds is 3. The van der Waals surface area contributed by atoms with Crippen molar-refractivity contribution in [1.82, 2.24) is 0 Å². The van der Waals surface area contributed by atoms with E-state index < -0.39 is 12.7 Å². The largest absolute Gasteiger partial charge is 0.341 e. The molecule has 0 heterocycles. The molecule has 0 bridgehead atoms. The van der Waals surface area contributed by atoms with Crippen molar-refractivity contribution in [3.63, 3.8) is 0 Å². The van der Waals surface area contributed by atoms with E-state index in [1.165, 1.54) is 0 Å². The summed E-state index contributed by atoms with van der Waals surface area (Å²) in [6.45, 7) is -2.44. The molecule has 0 aliphatic carbocycles. The minimum atomic E-state index is -2.68. The topological polar surface area (TPSA) is 0 Å². The summed E-state index contributed by atoms with van der Waals surface area (Å²) in [5.41, 5.74) is 0.494. The van der Waals surface area contributed by atoms with Gasteiger partial charge in [-0.05, 0) is 0 Å². The van der Waals surface area contributed by atoms with E-state index in [0.717, 1.165) is 0 Å². The van der Waals surface area contributed by atoms with Crippen LogP contribution in [0, 0.1) is 0 Å². The van der Waals surface area contributed by atoms with Crippen LogP contribution in [0.2, 0.25) is 5.67 Å². The third-order valence-electron chi connectivity index (χ3n) is 0.655. The Morgan fingerprint density at radius 2 is 1.30 bits per heavy atom. The maximum atomic E-state index is 5.76. The van der Waals surface area contributed by atoms with E-state index in [9.17, 15) is 0 Å². The van der Waals surface area contributed by atoms with E-state index in [1.54, 1.807) is 0 Å². The standard InChI is InChI=1S/C2H4Cl6Si2/c3-1-9(4,5)2-10(6,7)8/h1-2H2. The second-order valence-electron chi connectivity index (χ2n) is 1.78. The molecule has 0 atom stereocenters. The second-order valence-corrected chi connectivity index (χ2v) is 19.7. The van der Waals surface area contributed by atoms with Gasteiger partial charge in [-0.25, -0.2) is 0 Å². The average molecular weight is 297 g/mol. The second kappa shape index (κ2) is 4.42. The summed E-state index contributed by atoms with van der Waals surface area (Å²) in [4.78, 5) is 0. The zero-order chi connectivity index (χ0) is 8.41. The van der Waals surface area contributed by atoms with Crippen molar-refractivity contribution < 1.29 is 0 Å². The number of hydrogen-bond acceptors (Lipinski definition) is 0. The molecule has 0 N–H and O–H groups in total. The summed E-state index contributed by atoms with van der Waals surface area (Å²) >= 11 is 33.7. The smallest absolute Gasteiger partial charge is 0.145 e. The Hall–Kier alpha value is 2.17. The van der Waals surface area contributed by atoms with Crippen molar-refractivity contribution in [3.05, 3.63) is 0 Å². The SMILES string of the molecule is ClC[Si](Cl)(Cl)C[Si](Cl)(Cl)Cl. The third kappa shape index (κ3) is 6.86. The molecule has 0 aromatic carbocycles. The Balaban J connectivity index is 3.89. The van der Waals surface area contributed by atoms with Crippen molar-refractivity contribution in [2.24, 2.45) is 0 Å². The van der Waals surface area contributed by atoms with Crippen LogP contribution in [0.5, 0.6) is 0 Å². The van der Waals surface area contributed by atoms with Crippen LogP contribution in [-0.2, 0) is 0 Å². The summed E-state index contributed by atoms with van der Waals surface area (Å²) in [7, 11) is 0. The van der Waals surface area contributed by atoms with E-state index in [2.05, 4.69) is 0 Å². The van der Waals surface area contributed by atoms with Gasteiger partial charge in [-0.3, -0.25) is 0 Å². The lowest BCUT2D eigenvalue weighted by atomic mass is 11.8. The molecule has 0 aromatic heterocycles. The van der Waals surface area contributed by atoms with Gasteiger partial charge in [0.2, 0.25) is 0 Å². The minimum Gasteiger partial charge on any atom is -0.145 e. The minimum absolute atomic E-state index is 0.205. The van der Waals surface area contributed by atoms with Crippen molar-refractivity contribution in [2.45, 2.75) is 5.67 Å². The van der Waals surface area contributed by atoms with Crippen LogP contribution in [-0.4, -0.2) is 18.2 Å². The number of halogens is 6. The van der Waals surface area contributed by atoms with E-state index >= 15 is 0 Å². The molecule has 0 saturated carbocycles. The zero-order valence-corrected chi connectivity index (χ0v) is 11.2. The summed E-state index contributed by atoms with van der Waals surface area (Å²) in [5, 5.41) is 0. The normalized spacial score (nSPS) is 13.8. The molecule has 0 aliphatic rings. The van der Waals surface area contributed by atoms with Gasteiger partial charge in [0.15, 0.2) is 0 Å². The molecule has 0 spiro atoms. The summed E-state index contributed by atoms with van der Waals surface area (Å²) < 4.78 is 0. The van der Waals surface area contributed by atoms with Crippen LogP contribution < -0.4 is 0 Å². The highest BCUT2D eigenvalue weighted by Crippen LogP contribution is 2.34. The fraction of sp³-hybridized carbons (Fsp3) is 1.00. The first-order chi connectivity index (χ1) is 4.27. The van der Waals surface area contributed by atoms with Crippen LogP contribution in [0.3, 0.4) is 0 Å². The average Bonchev–Trinajstić information content (AvgIpc) is 1.60. The predicted molar refractivity (Wildman–Crippen MR) is 56.3 cm³/mol. The molecule has 0 aliphatic heterocycles. The number of alkyl halides is 1. The van der Waals surface area contributed by atoms with Crippen LogP contribution in [0.15, 0.2) is 0 Å². The lowest BCUT2D eigenvalue weighted by Crippen LogP contribution is -2.31. The van der Waals surface area contributed by atoms with Crippen LogP contribution in [0.25, 0.3) is 0 Å². The van der Waals surface area contributed by atoms with Gasteiger partial charge in [0.05, 0.1) is 0 Å². The molecule has 0 aromatic rings. The lowest BCUT2D eigenvalue weighted by molar-refractivity contribution is 1.85. The van der Waals surface area contributed by atoms with Gasteiger partial charge in [-0.15, -0.1) is 67.0 Å². The van der Waals surface area contributed by atoms with Gasteiger partial charge >= 0.3 is 6.00 Å². The molecule has 0 rings (SSSR count). The maximum Gasteiger partial charge on any atom is 0.341 e. The van der Waals surface area contributed by atoms with Gasteiger partial charge in [-0.2, -0.15) is 0 Å². The van der Waals surface area contributed by atoms with E-state index in [4.69, 9.17) is 67.0 Å². The molecule has 0 unspecified atom stereocenters. The highest BCUT2D eigenvalue weighted by Gasteiger charge is 2.39. The quantitative estimate of drug-likeness (QED) is 0.421. The van der Waals surface area contributed by atoms with Gasteiger partial charge in [-0.1, -0.05) is 0 Å². The fourth-order valence-electron chi connectivity index (χ4n) is 0.341. The van der Waals surface area contributed by atoms with Gasteiger partial charge in [0.25, 0.3) is 6.69 Å². The Morgan fingerprint density at radius 3 is 1.40 bits per heavy atom. The molecule has 10 heavy (non-hydrogen) atoms. The molecular weight excluding hydrogens is 293 g/mol. The highest BCUT2D eigenvalue weighted by molar-refractivity contribution is 7.69. The summed E-state index contributed by atoms with van der Waals surface area (Å²) in [5.74, 6) is 0. The lowest BCUT2D eigenvalue weighted by Gasteiger charge is -2.16. The predicted octanol–water partition coefficient (Wildman–Crippen LogP) is 3.88. The van der Waals surface area contributed by atoms with E-state index in [1.807, 2.05) is 0 Å². The van der Waals surface area contributed by atoms with E-state index in [-0.39, 0.29) is 11.2 Å². The Labute approximate surface area is 90.2 Å². The van der Waals surface area contributed by atoms with Crippen LogP contribution in [0.1, 0.15) is 0 Å². The van der Waals surface area contributed by atoms with Crippen molar-refractivity contribution in [2.75, 3.05) is 5.50 Å². The molecule has 0 saturated heterocycles. The Kier molecular flexibility index (Phi) is 5.38. The van der Waals surface area contributed by atoms with E-state index in [0.29, 0.717) is 0 Å². The maximum absolute atomic E-state index is 5.76. The fourth-order valence-corrected chi connectivity index (χ4v) is 17.4. The number of hydrogen-bond donors (Lipinski definition) is 0. The Bertz CT molecular complexity index is 107. The highest BCUT2D eigenvalue weighted by atomic mass is 35.8. The molecule has 0 amide bonds. The Morgan fingerprint density at radius 1 is 0.900 bits per heavy atom. The van der Waals surface area contributed by atoms with Crippen molar-refractivity contribution in [1.29, 1.82) is 0 Å². The molecule has 8 heteroatoms. The molecule has 0 fully saturated rings. The van der Waals surface area contributed by atoms with Crippen molar-refractivity contribution in [3.8, 4) is 0 Å². The van der Waals surface area contributed by atoms with Crippen LogP contribution >= 0.6 is 67.0 Å². The summed E-state index contributed by atoms with van der Waals surface area (Å²) in [6.07, 6.45) is 0. The summed E-state index contributed by atoms with van der Waals surface area (Å²) in [6, 6.07) is -2.68. The zero-order valence-electron chi connectivity index (χ0n) is 4.68. The first-order valence-electron chi connectivity index (χ1n) is 2.27. The van der Waals surface area contributed by atoms with Crippen LogP contribution in [0.4, 0.5) is 0 Å². The first-order valence-corrected chi connectivity index (χ1v) is 12.5. The van der Waals surface area contributed by atoms with Gasteiger partial charge < -0.3 is 0 Å². The molecular formula is C2H4Cl6Si2. The molecule has 0 radical (unpaired) electrons. The monoisotopic (exact) mass is 294 g/mol. The van der Waals surface area contributed by atoms with Gasteiger partial charge in [0, 0.05) is 11.2 Å². The van der Waals surface area contributed by atoms with Gasteiger partial charge in [0.1, 0.15) is 0 Å². The first kappa shape index (κ1) is 12.2.